The molecule has 0 aromatic carbocycles. The van der Waals surface area contributed by atoms with Crippen molar-refractivity contribution in [1.82, 2.24) is 0 Å². The van der Waals surface area contributed by atoms with E-state index in [-0.39, 0.29) is 5.60 Å². The van der Waals surface area contributed by atoms with Crippen LogP contribution in [0.1, 0.15) is 85.0 Å². The number of hydrogen-bond acceptors (Lipinski definition) is 2. The molecule has 120 valence electrons. The molecule has 0 aromatic heterocycles. The van der Waals surface area contributed by atoms with Gasteiger partial charge in [0.1, 0.15) is 0 Å². The predicted molar refractivity (Wildman–Crippen MR) is 85.9 cm³/mol. The number of hydrogen-bond donors (Lipinski definition) is 1. The minimum absolute atomic E-state index is 0.00835. The number of rotatable bonds is 12. The monoisotopic (exact) mass is 284 g/mol. The number of ether oxygens (including phenoxy) is 1. The van der Waals surface area contributed by atoms with Gasteiger partial charge in [-0.1, -0.05) is 32.6 Å². The third kappa shape index (κ3) is 7.64. The second kappa shape index (κ2) is 8.38. The molecule has 2 heteroatoms. The zero-order valence-corrected chi connectivity index (χ0v) is 14.2. The number of methoxy groups -OCH3 is 1. The van der Waals surface area contributed by atoms with Gasteiger partial charge in [0.15, 0.2) is 0 Å². The molecule has 0 aromatic rings. The van der Waals surface area contributed by atoms with E-state index in [4.69, 9.17) is 4.74 Å². The number of aliphatic hydroxyl groups is 1. The van der Waals surface area contributed by atoms with Crippen LogP contribution in [-0.4, -0.2) is 24.4 Å². The summed E-state index contributed by atoms with van der Waals surface area (Å²) in [6, 6.07) is 0. The van der Waals surface area contributed by atoms with Crippen LogP contribution in [0.2, 0.25) is 0 Å². The second-order valence-corrected chi connectivity index (χ2v) is 7.81. The van der Waals surface area contributed by atoms with Crippen molar-refractivity contribution in [3.05, 3.63) is 0 Å². The zero-order chi connectivity index (χ0) is 15.1. The summed E-state index contributed by atoms with van der Waals surface area (Å²) < 4.78 is 5.44. The van der Waals surface area contributed by atoms with Crippen LogP contribution in [0.15, 0.2) is 0 Å². The molecule has 1 aliphatic carbocycles. The van der Waals surface area contributed by atoms with E-state index in [1.807, 2.05) is 0 Å². The van der Waals surface area contributed by atoms with E-state index in [1.54, 1.807) is 7.11 Å². The lowest BCUT2D eigenvalue weighted by Crippen LogP contribution is -2.22. The molecule has 20 heavy (non-hydrogen) atoms. The molecule has 2 nitrogen and oxygen atoms in total. The van der Waals surface area contributed by atoms with Gasteiger partial charge < -0.3 is 9.84 Å². The first-order valence-electron chi connectivity index (χ1n) is 8.57. The van der Waals surface area contributed by atoms with Crippen LogP contribution >= 0.6 is 0 Å². The topological polar surface area (TPSA) is 29.5 Å². The summed E-state index contributed by atoms with van der Waals surface area (Å²) in [5.41, 5.74) is 0.703. The van der Waals surface area contributed by atoms with Crippen LogP contribution in [0.5, 0.6) is 0 Å². The van der Waals surface area contributed by atoms with Crippen molar-refractivity contribution >= 4 is 0 Å². The van der Waals surface area contributed by atoms with Crippen LogP contribution in [0.4, 0.5) is 0 Å². The summed E-state index contributed by atoms with van der Waals surface area (Å²) in [6.07, 6.45) is 12.8. The van der Waals surface area contributed by atoms with Crippen LogP contribution in [0.25, 0.3) is 0 Å². The van der Waals surface area contributed by atoms with E-state index in [1.165, 1.54) is 57.8 Å². The molecule has 1 N–H and O–H groups in total. The smallest absolute Gasteiger partial charge is 0.0622 e. The Morgan fingerprint density at radius 2 is 1.70 bits per heavy atom. The van der Waals surface area contributed by atoms with Gasteiger partial charge in [-0.05, 0) is 63.7 Å². The third-order valence-electron chi connectivity index (χ3n) is 5.20. The summed E-state index contributed by atoms with van der Waals surface area (Å²) in [5, 5.41) is 9.48. The van der Waals surface area contributed by atoms with Crippen LogP contribution in [0, 0.1) is 11.3 Å². The largest absolute Gasteiger partial charge is 0.396 e. The molecule has 1 fully saturated rings. The van der Waals surface area contributed by atoms with E-state index >= 15 is 0 Å². The fourth-order valence-corrected chi connectivity index (χ4v) is 2.86. The summed E-state index contributed by atoms with van der Waals surface area (Å²) in [7, 11) is 1.79. The fourth-order valence-electron chi connectivity index (χ4n) is 2.86. The minimum Gasteiger partial charge on any atom is -0.396 e. The van der Waals surface area contributed by atoms with Gasteiger partial charge in [0.25, 0.3) is 0 Å². The fraction of sp³-hybridized carbons (Fsp3) is 1.00. The van der Waals surface area contributed by atoms with Gasteiger partial charge in [0.05, 0.1) is 5.60 Å². The average Bonchev–Trinajstić information content (AvgIpc) is 3.15. The first-order chi connectivity index (χ1) is 9.41. The molecule has 1 unspecified atom stereocenters. The Hall–Kier alpha value is -0.0800. The second-order valence-electron chi connectivity index (χ2n) is 7.81. The predicted octanol–water partition coefficient (Wildman–Crippen LogP) is 4.94. The van der Waals surface area contributed by atoms with Crippen molar-refractivity contribution in [3.8, 4) is 0 Å². The molecule has 0 bridgehead atoms. The molecule has 0 amide bonds. The summed E-state index contributed by atoms with van der Waals surface area (Å²) in [4.78, 5) is 0. The van der Waals surface area contributed by atoms with Gasteiger partial charge in [-0.25, -0.2) is 0 Å². The Kier molecular flexibility index (Phi) is 7.53. The molecule has 0 radical (unpaired) electrons. The quantitative estimate of drug-likeness (QED) is 0.514. The Morgan fingerprint density at radius 1 is 1.10 bits per heavy atom. The SMILES string of the molecule is COC(C)(C)CCCCC(CO)CCCCC1(C)CC1. The Bertz CT molecular complexity index is 256. The highest BCUT2D eigenvalue weighted by atomic mass is 16.5. The Labute approximate surface area is 126 Å². The normalized spacial score (nSPS) is 19.1. The molecule has 1 atom stereocenters. The highest BCUT2D eigenvalue weighted by molar-refractivity contribution is 4.87. The van der Waals surface area contributed by atoms with Crippen LogP contribution in [0.3, 0.4) is 0 Å². The standard InChI is InChI=1S/C18H36O2/c1-17(2,20-4)11-7-5-9-16(15-19)10-6-8-12-18(3)13-14-18/h16,19H,5-15H2,1-4H3. The zero-order valence-electron chi connectivity index (χ0n) is 14.2. The maximum absolute atomic E-state index is 9.48. The van der Waals surface area contributed by atoms with Crippen molar-refractivity contribution in [3.63, 3.8) is 0 Å². The first kappa shape index (κ1) is 18.0. The first-order valence-corrected chi connectivity index (χ1v) is 8.57. The maximum atomic E-state index is 9.48. The lowest BCUT2D eigenvalue weighted by Gasteiger charge is -2.23. The van der Waals surface area contributed by atoms with Crippen molar-refractivity contribution in [2.24, 2.45) is 11.3 Å². The lowest BCUT2D eigenvalue weighted by molar-refractivity contribution is 0.0130. The molecule has 1 aliphatic rings. The van der Waals surface area contributed by atoms with E-state index in [9.17, 15) is 5.11 Å². The maximum Gasteiger partial charge on any atom is 0.0622 e. The van der Waals surface area contributed by atoms with E-state index in [0.717, 1.165) is 6.42 Å². The van der Waals surface area contributed by atoms with Crippen molar-refractivity contribution in [2.75, 3.05) is 13.7 Å². The highest BCUT2D eigenvalue weighted by Gasteiger charge is 2.35. The molecular weight excluding hydrogens is 248 g/mol. The third-order valence-corrected chi connectivity index (χ3v) is 5.20. The summed E-state index contributed by atoms with van der Waals surface area (Å²) in [6.45, 7) is 7.07. The minimum atomic E-state index is 0.00835. The van der Waals surface area contributed by atoms with E-state index < -0.39 is 0 Å². The summed E-state index contributed by atoms with van der Waals surface area (Å²) >= 11 is 0. The lowest BCUT2D eigenvalue weighted by atomic mass is 9.92. The highest BCUT2D eigenvalue weighted by Crippen LogP contribution is 2.49. The van der Waals surface area contributed by atoms with E-state index in [2.05, 4.69) is 20.8 Å². The number of unbranched alkanes of at least 4 members (excludes halogenated alkanes) is 2. The van der Waals surface area contributed by atoms with Crippen molar-refractivity contribution in [1.29, 1.82) is 0 Å². The number of aliphatic hydroxyl groups excluding tert-OH is 1. The Balaban J connectivity index is 2.01. The van der Waals surface area contributed by atoms with Crippen molar-refractivity contribution in [2.45, 2.75) is 90.6 Å². The molecule has 0 aliphatic heterocycles. The van der Waals surface area contributed by atoms with Crippen LogP contribution < -0.4 is 0 Å². The molecule has 1 rings (SSSR count). The van der Waals surface area contributed by atoms with Gasteiger partial charge in [0, 0.05) is 13.7 Å². The van der Waals surface area contributed by atoms with Gasteiger partial charge in [-0.2, -0.15) is 0 Å². The Morgan fingerprint density at radius 3 is 2.20 bits per heavy atom. The average molecular weight is 284 g/mol. The van der Waals surface area contributed by atoms with Gasteiger partial charge in [0.2, 0.25) is 0 Å². The summed E-state index contributed by atoms with van der Waals surface area (Å²) in [5.74, 6) is 0.521. The molecule has 1 saturated carbocycles. The molecule has 0 heterocycles. The molecule has 0 saturated heterocycles. The van der Waals surface area contributed by atoms with Gasteiger partial charge in [-0.15, -0.1) is 0 Å². The van der Waals surface area contributed by atoms with Crippen molar-refractivity contribution < 1.29 is 9.84 Å². The molecule has 0 spiro atoms. The molecular formula is C18H36O2. The van der Waals surface area contributed by atoms with E-state index in [0.29, 0.717) is 17.9 Å². The van der Waals surface area contributed by atoms with Gasteiger partial charge >= 0.3 is 0 Å². The van der Waals surface area contributed by atoms with Crippen LogP contribution in [-0.2, 0) is 4.74 Å². The van der Waals surface area contributed by atoms with Gasteiger partial charge in [-0.3, -0.25) is 0 Å².